The molecule has 29 heavy (non-hydrogen) atoms. The molecule has 0 spiro atoms. The van der Waals surface area contributed by atoms with Crippen molar-refractivity contribution in [2.75, 3.05) is 52.5 Å². The third kappa shape index (κ3) is 4.59. The highest BCUT2D eigenvalue weighted by molar-refractivity contribution is 5.83. The fourth-order valence-corrected chi connectivity index (χ4v) is 4.83. The number of aryl methyl sites for hydroxylation is 1. The summed E-state index contributed by atoms with van der Waals surface area (Å²) in [5, 5.41) is 3.32. The van der Waals surface area contributed by atoms with Crippen LogP contribution in [0.25, 0.3) is 0 Å². The Morgan fingerprint density at radius 1 is 1.03 bits per heavy atom. The zero-order valence-electron chi connectivity index (χ0n) is 17.2. The largest absolute Gasteiger partial charge is 0.378 e. The van der Waals surface area contributed by atoms with Crippen LogP contribution in [-0.4, -0.2) is 84.1 Å². The summed E-state index contributed by atoms with van der Waals surface area (Å²) in [4.78, 5) is 38.4. The maximum Gasteiger partial charge on any atom is 0.227 e. The zero-order valence-corrected chi connectivity index (χ0v) is 17.2. The number of hydrogen-bond donors (Lipinski definition) is 1. The molecule has 3 aliphatic heterocycles. The number of carbonyl (C=O) groups excluding carboxylic acids is 2. The highest BCUT2D eigenvalue weighted by Gasteiger charge is 2.36. The van der Waals surface area contributed by atoms with Gasteiger partial charge in [0, 0.05) is 57.1 Å². The molecule has 4 heterocycles. The second-order valence-electron chi connectivity index (χ2n) is 8.42. The summed E-state index contributed by atoms with van der Waals surface area (Å²) in [6.45, 7) is 7.41. The van der Waals surface area contributed by atoms with Crippen molar-refractivity contribution in [1.82, 2.24) is 25.1 Å². The number of nitrogens with one attached hydrogen (secondary N) is 1. The molecule has 8 heteroatoms. The SMILES string of the molecule is Cc1cncnc1C1CCN(C(=O)[C@@H]2CNC[C@@H](C(=O)N3CCOCC3)C2)CC1. The van der Waals surface area contributed by atoms with E-state index in [1.807, 2.05) is 22.9 Å². The van der Waals surface area contributed by atoms with Crippen molar-refractivity contribution in [3.63, 3.8) is 0 Å². The number of carbonyl (C=O) groups is 2. The van der Waals surface area contributed by atoms with Gasteiger partial charge in [0.2, 0.25) is 11.8 Å². The van der Waals surface area contributed by atoms with Crippen molar-refractivity contribution in [1.29, 1.82) is 0 Å². The van der Waals surface area contributed by atoms with Crippen LogP contribution in [0.1, 0.15) is 36.4 Å². The number of ether oxygens (including phenoxy) is 1. The van der Waals surface area contributed by atoms with E-state index in [1.165, 1.54) is 0 Å². The Labute approximate surface area is 172 Å². The van der Waals surface area contributed by atoms with Gasteiger partial charge in [0.05, 0.1) is 25.0 Å². The number of piperidine rings is 2. The first-order valence-corrected chi connectivity index (χ1v) is 10.8. The third-order valence-electron chi connectivity index (χ3n) is 6.50. The molecule has 4 rings (SSSR count). The lowest BCUT2D eigenvalue weighted by molar-refractivity contribution is -0.143. The number of rotatable bonds is 3. The molecule has 0 unspecified atom stereocenters. The van der Waals surface area contributed by atoms with Gasteiger partial charge in [-0.3, -0.25) is 9.59 Å². The number of nitrogens with zero attached hydrogens (tertiary/aromatic N) is 4. The van der Waals surface area contributed by atoms with Crippen molar-refractivity contribution in [3.05, 3.63) is 23.8 Å². The summed E-state index contributed by atoms with van der Waals surface area (Å²) in [6.07, 6.45) is 5.98. The Morgan fingerprint density at radius 2 is 1.66 bits per heavy atom. The summed E-state index contributed by atoms with van der Waals surface area (Å²) in [5.74, 6) is 0.515. The average molecular weight is 402 g/mol. The Hall–Kier alpha value is -2.06. The molecule has 2 atom stereocenters. The van der Waals surface area contributed by atoms with Gasteiger partial charge in [-0.2, -0.15) is 0 Å². The van der Waals surface area contributed by atoms with Crippen molar-refractivity contribution in [2.24, 2.45) is 11.8 Å². The van der Waals surface area contributed by atoms with E-state index in [1.54, 1.807) is 6.33 Å². The van der Waals surface area contributed by atoms with Crippen molar-refractivity contribution < 1.29 is 14.3 Å². The molecule has 0 saturated carbocycles. The lowest BCUT2D eigenvalue weighted by Gasteiger charge is -2.38. The Balaban J connectivity index is 1.31. The van der Waals surface area contributed by atoms with Crippen LogP contribution in [0.15, 0.2) is 12.5 Å². The first-order chi connectivity index (χ1) is 14.1. The van der Waals surface area contributed by atoms with E-state index in [-0.39, 0.29) is 23.7 Å². The molecule has 0 aliphatic carbocycles. The molecule has 3 saturated heterocycles. The molecule has 158 valence electrons. The van der Waals surface area contributed by atoms with Gasteiger partial charge in [-0.1, -0.05) is 0 Å². The van der Waals surface area contributed by atoms with E-state index in [2.05, 4.69) is 15.3 Å². The maximum absolute atomic E-state index is 13.1. The number of likely N-dealkylation sites (tertiary alicyclic amines) is 1. The molecule has 0 aromatic carbocycles. The van der Waals surface area contributed by atoms with Crippen LogP contribution < -0.4 is 5.32 Å². The van der Waals surface area contributed by atoms with E-state index >= 15 is 0 Å². The Bertz CT molecular complexity index is 729. The lowest BCUT2D eigenvalue weighted by atomic mass is 9.86. The molecule has 8 nitrogen and oxygen atoms in total. The van der Waals surface area contributed by atoms with Crippen molar-refractivity contribution in [3.8, 4) is 0 Å². The zero-order chi connectivity index (χ0) is 20.2. The Morgan fingerprint density at radius 3 is 2.28 bits per heavy atom. The summed E-state index contributed by atoms with van der Waals surface area (Å²) in [7, 11) is 0. The van der Waals surface area contributed by atoms with Gasteiger partial charge in [-0.25, -0.2) is 9.97 Å². The first kappa shape index (κ1) is 20.2. The van der Waals surface area contributed by atoms with Crippen molar-refractivity contribution in [2.45, 2.75) is 32.1 Å². The topological polar surface area (TPSA) is 87.7 Å². The minimum absolute atomic E-state index is 0.114. The van der Waals surface area contributed by atoms with E-state index in [4.69, 9.17) is 4.74 Å². The van der Waals surface area contributed by atoms with Gasteiger partial charge in [0.1, 0.15) is 6.33 Å². The number of morpholine rings is 1. The van der Waals surface area contributed by atoms with Gasteiger partial charge in [0.15, 0.2) is 0 Å². The molecular weight excluding hydrogens is 370 g/mol. The fraction of sp³-hybridized carbons (Fsp3) is 0.714. The number of aromatic nitrogens is 2. The standard InChI is InChI=1S/C21H31N5O3/c1-15-11-23-14-24-19(15)16-2-4-25(5-3-16)20(27)17-10-18(13-22-12-17)21(28)26-6-8-29-9-7-26/h11,14,16-18,22H,2-10,12-13H2,1H3/t17-,18-/m0/s1. The smallest absolute Gasteiger partial charge is 0.227 e. The molecule has 1 aromatic heterocycles. The Kier molecular flexibility index (Phi) is 6.40. The normalized spacial score (nSPS) is 26.4. The van der Waals surface area contributed by atoms with Crippen LogP contribution in [0.3, 0.4) is 0 Å². The molecule has 1 N–H and O–H groups in total. The first-order valence-electron chi connectivity index (χ1n) is 10.8. The van der Waals surface area contributed by atoms with E-state index in [0.29, 0.717) is 51.7 Å². The summed E-state index contributed by atoms with van der Waals surface area (Å²) >= 11 is 0. The van der Waals surface area contributed by atoms with E-state index < -0.39 is 0 Å². The maximum atomic E-state index is 13.1. The van der Waals surface area contributed by atoms with Crippen molar-refractivity contribution >= 4 is 11.8 Å². The second-order valence-corrected chi connectivity index (χ2v) is 8.42. The lowest BCUT2D eigenvalue weighted by Crippen LogP contribution is -2.52. The average Bonchev–Trinajstić information content (AvgIpc) is 2.79. The quantitative estimate of drug-likeness (QED) is 0.797. The minimum atomic E-state index is -0.115. The highest BCUT2D eigenvalue weighted by Crippen LogP contribution is 2.30. The summed E-state index contributed by atoms with van der Waals surface area (Å²) < 4.78 is 5.35. The molecule has 2 amide bonds. The van der Waals surface area contributed by atoms with Crippen LogP contribution in [0.5, 0.6) is 0 Å². The van der Waals surface area contributed by atoms with Crippen LogP contribution in [-0.2, 0) is 14.3 Å². The summed E-state index contributed by atoms with van der Waals surface area (Å²) in [5.41, 5.74) is 2.24. The third-order valence-corrected chi connectivity index (χ3v) is 6.50. The van der Waals surface area contributed by atoms with E-state index in [0.717, 1.165) is 37.2 Å². The van der Waals surface area contributed by atoms with Gasteiger partial charge in [-0.05, 0) is 31.7 Å². The van der Waals surface area contributed by atoms with Crippen LogP contribution in [0.4, 0.5) is 0 Å². The summed E-state index contributed by atoms with van der Waals surface area (Å²) in [6, 6.07) is 0. The van der Waals surface area contributed by atoms with Crippen LogP contribution in [0.2, 0.25) is 0 Å². The van der Waals surface area contributed by atoms with Gasteiger partial charge >= 0.3 is 0 Å². The van der Waals surface area contributed by atoms with Crippen LogP contribution >= 0.6 is 0 Å². The number of hydrogen-bond acceptors (Lipinski definition) is 6. The molecule has 3 fully saturated rings. The van der Waals surface area contributed by atoms with Crippen LogP contribution in [0, 0.1) is 18.8 Å². The molecule has 0 radical (unpaired) electrons. The van der Waals surface area contributed by atoms with Gasteiger partial charge < -0.3 is 19.9 Å². The predicted molar refractivity (Wildman–Crippen MR) is 107 cm³/mol. The molecular formula is C21H31N5O3. The monoisotopic (exact) mass is 401 g/mol. The predicted octanol–water partition coefficient (Wildman–Crippen LogP) is 0.576. The molecule has 3 aliphatic rings. The fourth-order valence-electron chi connectivity index (χ4n) is 4.83. The molecule has 0 bridgehead atoms. The van der Waals surface area contributed by atoms with E-state index in [9.17, 15) is 9.59 Å². The minimum Gasteiger partial charge on any atom is -0.378 e. The second kappa shape index (κ2) is 9.17. The number of amides is 2. The van der Waals surface area contributed by atoms with Gasteiger partial charge in [-0.15, -0.1) is 0 Å². The molecule has 1 aromatic rings. The van der Waals surface area contributed by atoms with Gasteiger partial charge in [0.25, 0.3) is 0 Å². The highest BCUT2D eigenvalue weighted by atomic mass is 16.5.